The molecule has 2 aromatic rings. The number of likely N-dealkylation sites (tertiary alicyclic amines) is 1. The number of para-hydroxylation sites is 1. The van der Waals surface area contributed by atoms with Crippen LogP contribution in [0.25, 0.3) is 0 Å². The summed E-state index contributed by atoms with van der Waals surface area (Å²) in [6, 6.07) is 17.5. The van der Waals surface area contributed by atoms with E-state index < -0.39 is 6.10 Å². The standard InChI is InChI=1S/C23H30N2O4/c1-24(17-20(26)18-29-21-6-3-2-4-7-21)16-19-9-11-22(12-10-19)28-15-14-25-13-5-8-23(25)27/h2-4,6-7,9-12,20,26H,5,8,13-18H2,1H3/t20-/m1/s1. The summed E-state index contributed by atoms with van der Waals surface area (Å²) in [6.07, 6.45) is 1.06. The Bertz CT molecular complexity index is 751. The summed E-state index contributed by atoms with van der Waals surface area (Å²) in [5, 5.41) is 10.2. The van der Waals surface area contributed by atoms with E-state index in [4.69, 9.17) is 9.47 Å². The molecule has 0 spiro atoms. The third kappa shape index (κ3) is 7.07. The second-order valence-corrected chi connectivity index (χ2v) is 7.45. The van der Waals surface area contributed by atoms with Crippen LogP contribution in [0.4, 0.5) is 0 Å². The zero-order valence-corrected chi connectivity index (χ0v) is 17.0. The number of hydrogen-bond donors (Lipinski definition) is 1. The van der Waals surface area contributed by atoms with Gasteiger partial charge in [0, 0.05) is 26.1 Å². The number of rotatable bonds is 11. The molecule has 0 aromatic heterocycles. The SMILES string of the molecule is CN(Cc1ccc(OCCN2CCCC2=O)cc1)C[C@@H](O)COc1ccccc1. The molecule has 1 amide bonds. The molecule has 29 heavy (non-hydrogen) atoms. The molecular weight excluding hydrogens is 368 g/mol. The van der Waals surface area contributed by atoms with Crippen molar-refractivity contribution in [2.75, 3.05) is 39.9 Å². The lowest BCUT2D eigenvalue weighted by Gasteiger charge is -2.21. The van der Waals surface area contributed by atoms with Crippen LogP contribution >= 0.6 is 0 Å². The molecule has 1 atom stereocenters. The Kier molecular flexibility index (Phi) is 7.90. The number of carbonyl (C=O) groups excluding carboxylic acids is 1. The Morgan fingerprint density at radius 1 is 1.07 bits per heavy atom. The van der Waals surface area contributed by atoms with Gasteiger partial charge in [0.1, 0.15) is 30.8 Å². The van der Waals surface area contributed by atoms with E-state index in [1.54, 1.807) is 0 Å². The van der Waals surface area contributed by atoms with Crippen LogP contribution in [0.3, 0.4) is 0 Å². The summed E-state index contributed by atoms with van der Waals surface area (Å²) in [4.78, 5) is 15.5. The Morgan fingerprint density at radius 3 is 2.48 bits per heavy atom. The van der Waals surface area contributed by atoms with Gasteiger partial charge in [0.25, 0.3) is 0 Å². The molecule has 0 aliphatic carbocycles. The molecule has 2 aromatic carbocycles. The van der Waals surface area contributed by atoms with E-state index in [1.165, 1.54) is 0 Å². The zero-order chi connectivity index (χ0) is 20.5. The Labute approximate surface area is 172 Å². The Morgan fingerprint density at radius 2 is 1.79 bits per heavy atom. The van der Waals surface area contributed by atoms with E-state index in [-0.39, 0.29) is 12.5 Å². The summed E-state index contributed by atoms with van der Waals surface area (Å²) >= 11 is 0. The number of amides is 1. The predicted molar refractivity (Wildman–Crippen MR) is 112 cm³/mol. The Hall–Kier alpha value is -2.57. The highest BCUT2D eigenvalue weighted by Crippen LogP contribution is 2.15. The lowest BCUT2D eigenvalue weighted by atomic mass is 10.2. The molecular formula is C23H30N2O4. The van der Waals surface area contributed by atoms with Crippen LogP contribution in [0.1, 0.15) is 18.4 Å². The van der Waals surface area contributed by atoms with E-state index in [0.717, 1.165) is 36.6 Å². The molecule has 1 fully saturated rings. The highest BCUT2D eigenvalue weighted by atomic mass is 16.5. The minimum absolute atomic E-state index is 0.225. The van der Waals surface area contributed by atoms with Gasteiger partial charge in [-0.15, -0.1) is 0 Å². The van der Waals surface area contributed by atoms with Crippen molar-refractivity contribution in [1.29, 1.82) is 0 Å². The average Bonchev–Trinajstić information content (AvgIpc) is 3.13. The van der Waals surface area contributed by atoms with Crippen LogP contribution < -0.4 is 9.47 Å². The van der Waals surface area contributed by atoms with Crippen molar-refractivity contribution in [3.63, 3.8) is 0 Å². The van der Waals surface area contributed by atoms with Crippen LogP contribution in [-0.4, -0.2) is 66.8 Å². The number of carbonyl (C=O) groups is 1. The van der Waals surface area contributed by atoms with Gasteiger partial charge in [-0.3, -0.25) is 9.69 Å². The third-order valence-electron chi connectivity index (χ3n) is 4.89. The van der Waals surface area contributed by atoms with Gasteiger partial charge in [-0.25, -0.2) is 0 Å². The van der Waals surface area contributed by atoms with Gasteiger partial charge < -0.3 is 19.5 Å². The number of benzene rings is 2. The molecule has 0 bridgehead atoms. The molecule has 1 N–H and O–H groups in total. The van der Waals surface area contributed by atoms with Crippen molar-refractivity contribution < 1.29 is 19.4 Å². The molecule has 1 saturated heterocycles. The minimum atomic E-state index is -0.559. The lowest BCUT2D eigenvalue weighted by Crippen LogP contribution is -2.32. The van der Waals surface area contributed by atoms with Crippen LogP contribution in [0.5, 0.6) is 11.5 Å². The third-order valence-corrected chi connectivity index (χ3v) is 4.89. The first-order valence-electron chi connectivity index (χ1n) is 10.1. The fraction of sp³-hybridized carbons (Fsp3) is 0.435. The summed E-state index contributed by atoms with van der Waals surface area (Å²) in [7, 11) is 1.98. The molecule has 0 saturated carbocycles. The zero-order valence-electron chi connectivity index (χ0n) is 17.0. The van der Waals surface area contributed by atoms with Crippen molar-refractivity contribution in [1.82, 2.24) is 9.80 Å². The largest absolute Gasteiger partial charge is 0.492 e. The number of aliphatic hydroxyl groups excluding tert-OH is 1. The van der Waals surface area contributed by atoms with Gasteiger partial charge in [-0.1, -0.05) is 30.3 Å². The smallest absolute Gasteiger partial charge is 0.222 e. The normalized spacial score (nSPS) is 15.0. The molecule has 3 rings (SSSR count). The summed E-state index contributed by atoms with van der Waals surface area (Å²) in [5.74, 6) is 1.79. The fourth-order valence-electron chi connectivity index (χ4n) is 3.40. The van der Waals surface area contributed by atoms with Crippen LogP contribution in [0, 0.1) is 0 Å². The van der Waals surface area contributed by atoms with Crippen LogP contribution in [0.15, 0.2) is 54.6 Å². The molecule has 0 radical (unpaired) electrons. The van der Waals surface area contributed by atoms with Crippen molar-refractivity contribution >= 4 is 5.91 Å². The fourth-order valence-corrected chi connectivity index (χ4v) is 3.40. The Balaban J connectivity index is 1.35. The maximum absolute atomic E-state index is 11.6. The lowest BCUT2D eigenvalue weighted by molar-refractivity contribution is -0.128. The van der Waals surface area contributed by atoms with E-state index in [1.807, 2.05) is 66.5 Å². The monoisotopic (exact) mass is 398 g/mol. The van der Waals surface area contributed by atoms with Gasteiger partial charge in [-0.2, -0.15) is 0 Å². The van der Waals surface area contributed by atoms with Gasteiger partial charge in [0.2, 0.25) is 5.91 Å². The molecule has 156 valence electrons. The minimum Gasteiger partial charge on any atom is -0.492 e. The van der Waals surface area contributed by atoms with E-state index in [0.29, 0.717) is 26.1 Å². The van der Waals surface area contributed by atoms with Crippen LogP contribution in [-0.2, 0) is 11.3 Å². The quantitative estimate of drug-likeness (QED) is 0.630. The molecule has 1 aliphatic heterocycles. The van der Waals surface area contributed by atoms with Gasteiger partial charge >= 0.3 is 0 Å². The molecule has 6 nitrogen and oxygen atoms in total. The predicted octanol–water partition coefficient (Wildman–Crippen LogP) is 2.56. The number of hydrogen-bond acceptors (Lipinski definition) is 5. The number of ether oxygens (including phenoxy) is 2. The number of aliphatic hydroxyl groups is 1. The maximum Gasteiger partial charge on any atom is 0.222 e. The molecule has 6 heteroatoms. The van der Waals surface area contributed by atoms with Gasteiger partial charge in [0.15, 0.2) is 0 Å². The first-order chi connectivity index (χ1) is 14.1. The van der Waals surface area contributed by atoms with Crippen molar-refractivity contribution in [3.8, 4) is 11.5 Å². The summed E-state index contributed by atoms with van der Waals surface area (Å²) in [5.41, 5.74) is 1.14. The highest BCUT2D eigenvalue weighted by molar-refractivity contribution is 5.78. The average molecular weight is 399 g/mol. The summed E-state index contributed by atoms with van der Waals surface area (Å²) < 4.78 is 11.3. The molecule has 1 heterocycles. The second kappa shape index (κ2) is 10.8. The molecule has 0 unspecified atom stereocenters. The van der Waals surface area contributed by atoms with Crippen molar-refractivity contribution in [2.45, 2.75) is 25.5 Å². The van der Waals surface area contributed by atoms with E-state index >= 15 is 0 Å². The molecule has 1 aliphatic rings. The first-order valence-corrected chi connectivity index (χ1v) is 10.1. The van der Waals surface area contributed by atoms with Crippen molar-refractivity contribution in [3.05, 3.63) is 60.2 Å². The van der Waals surface area contributed by atoms with Gasteiger partial charge in [0.05, 0.1) is 6.54 Å². The first kappa shape index (κ1) is 21.1. The topological polar surface area (TPSA) is 62.2 Å². The number of likely N-dealkylation sites (N-methyl/N-ethyl adjacent to an activating group) is 1. The highest BCUT2D eigenvalue weighted by Gasteiger charge is 2.19. The second-order valence-electron chi connectivity index (χ2n) is 7.45. The number of nitrogens with zero attached hydrogens (tertiary/aromatic N) is 2. The van der Waals surface area contributed by atoms with Gasteiger partial charge in [-0.05, 0) is 43.3 Å². The van der Waals surface area contributed by atoms with E-state index in [9.17, 15) is 9.90 Å². The van der Waals surface area contributed by atoms with E-state index in [2.05, 4.69) is 4.90 Å². The summed E-state index contributed by atoms with van der Waals surface area (Å²) in [6.45, 7) is 3.52. The van der Waals surface area contributed by atoms with Crippen molar-refractivity contribution in [2.24, 2.45) is 0 Å². The van der Waals surface area contributed by atoms with Crippen LogP contribution in [0.2, 0.25) is 0 Å². The maximum atomic E-state index is 11.6.